The van der Waals surface area contributed by atoms with Crippen LogP contribution in [0.15, 0.2) is 42.5 Å². The highest BCUT2D eigenvalue weighted by Gasteiger charge is 2.35. The number of rotatable bonds is 10. The summed E-state index contributed by atoms with van der Waals surface area (Å²) in [5.41, 5.74) is 4.67. The molecule has 3 aliphatic rings. The largest absolute Gasteiger partial charge is 0.494 e. The average molecular weight is 529 g/mol. The van der Waals surface area contributed by atoms with Gasteiger partial charge in [0.05, 0.1) is 29.7 Å². The van der Waals surface area contributed by atoms with E-state index in [1.165, 1.54) is 42.6 Å². The molecule has 5 rings (SSSR count). The number of likely N-dealkylation sites (tertiary alicyclic amines) is 1. The Labute approximate surface area is 222 Å². The van der Waals surface area contributed by atoms with Gasteiger partial charge in [-0.25, -0.2) is 8.42 Å². The van der Waals surface area contributed by atoms with Crippen LogP contribution in [0.1, 0.15) is 66.7 Å². The summed E-state index contributed by atoms with van der Waals surface area (Å²) >= 11 is 0. The van der Waals surface area contributed by atoms with E-state index < -0.39 is 9.84 Å². The van der Waals surface area contributed by atoms with Crippen LogP contribution in [0.4, 0.5) is 0 Å². The lowest BCUT2D eigenvalue weighted by atomic mass is 9.75. The van der Waals surface area contributed by atoms with Crippen molar-refractivity contribution in [1.82, 2.24) is 4.90 Å². The normalized spacial score (nSPS) is 21.9. The fourth-order valence-corrected chi connectivity index (χ4v) is 7.70. The molecule has 0 N–H and O–H groups in total. The van der Waals surface area contributed by atoms with Crippen LogP contribution in [0.25, 0.3) is 0 Å². The van der Waals surface area contributed by atoms with Crippen LogP contribution >= 0.6 is 12.4 Å². The molecule has 0 spiro atoms. The van der Waals surface area contributed by atoms with Gasteiger partial charge in [-0.05, 0) is 111 Å². The standard InChI is InChI=1S/C29H36N2O3S.ClH/c30-20-24-6-3-5-23(17-24)18-28-27-19-26(34-15-4-16-35(32,33)21-22-7-8-22)11-9-25(27)10-12-29(28)31-13-1-2-14-31;/h3,5-6,9,11,17,19,22,28-29H,1-2,4,7-8,10,12-16,18,21H2;1H. The number of benzene rings is 2. The number of hydrogen-bond acceptors (Lipinski definition) is 5. The zero-order valence-electron chi connectivity index (χ0n) is 20.9. The molecule has 2 aromatic rings. The van der Waals surface area contributed by atoms with Crippen LogP contribution in [0.5, 0.6) is 5.75 Å². The van der Waals surface area contributed by atoms with Crippen molar-refractivity contribution in [3.63, 3.8) is 0 Å². The first kappa shape index (κ1) is 27.0. The molecule has 1 saturated heterocycles. The number of nitriles is 1. The quantitative estimate of drug-likeness (QED) is 0.391. The van der Waals surface area contributed by atoms with Crippen LogP contribution in [0.3, 0.4) is 0 Å². The summed E-state index contributed by atoms with van der Waals surface area (Å²) in [5, 5.41) is 9.37. The van der Waals surface area contributed by atoms with Crippen molar-refractivity contribution >= 4 is 22.2 Å². The first-order valence-corrected chi connectivity index (χ1v) is 15.0. The van der Waals surface area contributed by atoms with Crippen molar-refractivity contribution in [3.8, 4) is 11.8 Å². The summed E-state index contributed by atoms with van der Waals surface area (Å²) in [6.07, 6.45) is 8.34. The number of ether oxygens (including phenoxy) is 1. The second-order valence-corrected chi connectivity index (χ2v) is 12.8. The SMILES string of the molecule is Cl.N#Cc1cccc(CC2c3cc(OCCCS(=O)(=O)CC4CC4)ccc3CCC2N2CCCC2)c1. The summed E-state index contributed by atoms with van der Waals surface area (Å²) in [6.45, 7) is 2.76. The zero-order valence-corrected chi connectivity index (χ0v) is 22.5. The molecule has 0 radical (unpaired) electrons. The van der Waals surface area contributed by atoms with Crippen molar-refractivity contribution < 1.29 is 13.2 Å². The van der Waals surface area contributed by atoms with Gasteiger partial charge in [-0.1, -0.05) is 18.2 Å². The van der Waals surface area contributed by atoms with Gasteiger partial charge in [0.15, 0.2) is 9.84 Å². The van der Waals surface area contributed by atoms with E-state index >= 15 is 0 Å². The predicted molar refractivity (Wildman–Crippen MR) is 146 cm³/mol. The van der Waals surface area contributed by atoms with Crippen molar-refractivity contribution in [2.75, 3.05) is 31.2 Å². The van der Waals surface area contributed by atoms with Gasteiger partial charge in [0.1, 0.15) is 5.75 Å². The van der Waals surface area contributed by atoms with E-state index in [0.717, 1.165) is 37.9 Å². The topological polar surface area (TPSA) is 70.4 Å². The molecule has 2 aliphatic carbocycles. The minimum absolute atomic E-state index is 0. The van der Waals surface area contributed by atoms with Gasteiger partial charge in [0.2, 0.25) is 0 Å². The summed E-state index contributed by atoms with van der Waals surface area (Å²) in [7, 11) is -2.96. The van der Waals surface area contributed by atoms with Crippen molar-refractivity contribution in [1.29, 1.82) is 5.26 Å². The second kappa shape index (κ2) is 12.0. The van der Waals surface area contributed by atoms with Crippen molar-refractivity contribution in [3.05, 3.63) is 64.7 Å². The second-order valence-electron chi connectivity index (χ2n) is 10.6. The highest BCUT2D eigenvalue weighted by molar-refractivity contribution is 7.91. The third kappa shape index (κ3) is 6.82. The molecule has 7 heteroatoms. The zero-order chi connectivity index (χ0) is 24.3. The maximum Gasteiger partial charge on any atom is 0.150 e. The molecule has 5 nitrogen and oxygen atoms in total. The van der Waals surface area contributed by atoms with Crippen LogP contribution in [-0.2, 0) is 22.7 Å². The van der Waals surface area contributed by atoms with E-state index in [1.807, 2.05) is 24.3 Å². The fourth-order valence-electron chi connectivity index (χ4n) is 5.92. The number of aryl methyl sites for hydroxylation is 1. The predicted octanol–water partition coefficient (Wildman–Crippen LogP) is 5.31. The molecule has 2 unspecified atom stereocenters. The molecular formula is C29H37ClN2O3S. The average Bonchev–Trinajstić information content (AvgIpc) is 3.49. The van der Waals surface area contributed by atoms with Crippen molar-refractivity contribution in [2.45, 2.75) is 63.3 Å². The third-order valence-corrected chi connectivity index (χ3v) is 9.76. The Balaban J connectivity index is 0.00000304. The van der Waals surface area contributed by atoms with Crippen LogP contribution in [-0.4, -0.2) is 50.6 Å². The highest BCUT2D eigenvalue weighted by atomic mass is 35.5. The fraction of sp³-hybridized carbons (Fsp3) is 0.552. The number of hydrogen-bond donors (Lipinski definition) is 0. The Kier molecular flexibility index (Phi) is 8.98. The van der Waals surface area contributed by atoms with E-state index in [0.29, 0.717) is 42.2 Å². The first-order chi connectivity index (χ1) is 17.0. The van der Waals surface area contributed by atoms with Crippen LogP contribution in [0, 0.1) is 17.2 Å². The minimum Gasteiger partial charge on any atom is -0.494 e. The first-order valence-electron chi connectivity index (χ1n) is 13.2. The summed E-state index contributed by atoms with van der Waals surface area (Å²) < 4.78 is 30.5. The Morgan fingerprint density at radius 3 is 2.61 bits per heavy atom. The van der Waals surface area contributed by atoms with Crippen LogP contribution in [0.2, 0.25) is 0 Å². The van der Waals surface area contributed by atoms with Gasteiger partial charge < -0.3 is 4.74 Å². The van der Waals surface area contributed by atoms with E-state index in [9.17, 15) is 13.7 Å². The summed E-state index contributed by atoms with van der Waals surface area (Å²) in [6, 6.07) is 17.2. The molecule has 36 heavy (non-hydrogen) atoms. The lowest BCUT2D eigenvalue weighted by Crippen LogP contribution is -2.41. The number of halogens is 1. The molecule has 194 valence electrons. The Morgan fingerprint density at radius 2 is 1.86 bits per heavy atom. The van der Waals surface area contributed by atoms with E-state index in [-0.39, 0.29) is 18.2 Å². The molecule has 1 saturated carbocycles. The van der Waals surface area contributed by atoms with Crippen molar-refractivity contribution in [2.24, 2.45) is 5.92 Å². The van der Waals surface area contributed by atoms with Gasteiger partial charge >= 0.3 is 0 Å². The maximum atomic E-state index is 12.2. The number of nitrogens with zero attached hydrogens (tertiary/aromatic N) is 2. The maximum absolute atomic E-state index is 12.2. The molecule has 1 aliphatic heterocycles. The third-order valence-electron chi connectivity index (χ3n) is 7.87. The molecule has 2 aromatic carbocycles. The molecule has 0 bridgehead atoms. The molecule has 2 atom stereocenters. The van der Waals surface area contributed by atoms with E-state index in [4.69, 9.17) is 4.74 Å². The van der Waals surface area contributed by atoms with Gasteiger partial charge in [0.25, 0.3) is 0 Å². The summed E-state index contributed by atoms with van der Waals surface area (Å²) in [5.74, 6) is 2.15. The van der Waals surface area contributed by atoms with Gasteiger partial charge in [0, 0.05) is 12.0 Å². The molecule has 2 fully saturated rings. The Morgan fingerprint density at radius 1 is 1.06 bits per heavy atom. The Bertz CT molecular complexity index is 1180. The summed E-state index contributed by atoms with van der Waals surface area (Å²) in [4.78, 5) is 2.67. The minimum atomic E-state index is -2.96. The molecule has 0 aromatic heterocycles. The molecule has 0 amide bonds. The van der Waals surface area contributed by atoms with Crippen LogP contribution < -0.4 is 4.74 Å². The van der Waals surface area contributed by atoms with Gasteiger partial charge in [-0.3, -0.25) is 4.90 Å². The molecule has 1 heterocycles. The highest BCUT2D eigenvalue weighted by Crippen LogP contribution is 2.40. The number of sulfone groups is 1. The smallest absolute Gasteiger partial charge is 0.150 e. The van der Waals surface area contributed by atoms with Gasteiger partial charge in [-0.2, -0.15) is 5.26 Å². The number of fused-ring (bicyclic) bond motifs is 1. The Hall–Kier alpha value is -2.07. The lowest BCUT2D eigenvalue weighted by molar-refractivity contribution is 0.188. The lowest BCUT2D eigenvalue weighted by Gasteiger charge is -2.39. The van der Waals surface area contributed by atoms with E-state index in [1.54, 1.807) is 0 Å². The van der Waals surface area contributed by atoms with Gasteiger partial charge in [-0.15, -0.1) is 12.4 Å². The molecular weight excluding hydrogens is 492 g/mol. The monoisotopic (exact) mass is 528 g/mol. The van der Waals surface area contributed by atoms with E-state index in [2.05, 4.69) is 29.2 Å².